The molecule has 0 radical (unpaired) electrons. The van der Waals surface area contributed by atoms with E-state index in [4.69, 9.17) is 10.5 Å². The fraction of sp³-hybridized carbons (Fsp3) is 0.400. The van der Waals surface area contributed by atoms with Crippen molar-refractivity contribution in [2.45, 2.75) is 39.4 Å². The molecule has 0 fully saturated rings. The highest BCUT2D eigenvalue weighted by Gasteiger charge is 2.32. The van der Waals surface area contributed by atoms with Gasteiger partial charge >= 0.3 is 6.61 Å². The molecule has 0 saturated carbocycles. The lowest BCUT2D eigenvalue weighted by molar-refractivity contribution is -0.150. The summed E-state index contributed by atoms with van der Waals surface area (Å²) < 4.78 is 49.6. The second-order valence-electron chi connectivity index (χ2n) is 6.80. The topological polar surface area (TPSA) is 74.4 Å². The first-order chi connectivity index (χ1) is 13.3. The number of nitrogens with two attached hydrogens (primary N) is 1. The number of ether oxygens (including phenoxy) is 2. The van der Waals surface area contributed by atoms with Gasteiger partial charge in [-0.1, -0.05) is 26.0 Å². The van der Waals surface area contributed by atoms with Crippen molar-refractivity contribution in [3.8, 4) is 17.0 Å². The minimum atomic E-state index is -2.91. The van der Waals surface area contributed by atoms with Crippen LogP contribution in [0.2, 0.25) is 0 Å². The first-order valence-electron chi connectivity index (χ1n) is 8.99. The number of fused-ring (bicyclic) bond motifs is 1. The van der Waals surface area contributed by atoms with Crippen molar-refractivity contribution in [2.24, 2.45) is 11.7 Å². The first kappa shape index (κ1) is 20.1. The van der Waals surface area contributed by atoms with Crippen LogP contribution in [0, 0.1) is 11.7 Å². The Morgan fingerprint density at radius 1 is 1.36 bits per heavy atom. The summed E-state index contributed by atoms with van der Waals surface area (Å²) in [6.07, 6.45) is 0.421. The van der Waals surface area contributed by atoms with Crippen LogP contribution in [0.5, 0.6) is 5.88 Å². The van der Waals surface area contributed by atoms with Gasteiger partial charge in [0.1, 0.15) is 17.6 Å². The predicted octanol–water partition coefficient (Wildman–Crippen LogP) is 3.73. The molecule has 1 aliphatic heterocycles. The van der Waals surface area contributed by atoms with Gasteiger partial charge in [0.15, 0.2) is 0 Å². The molecular formula is C20H21F3N2O3. The summed E-state index contributed by atoms with van der Waals surface area (Å²) >= 11 is 0. The van der Waals surface area contributed by atoms with Gasteiger partial charge in [-0.05, 0) is 42.0 Å². The van der Waals surface area contributed by atoms with Gasteiger partial charge in [0.2, 0.25) is 5.88 Å². The number of primary amides is 1. The highest BCUT2D eigenvalue weighted by molar-refractivity contribution is 5.93. The van der Waals surface area contributed by atoms with E-state index in [-0.39, 0.29) is 24.1 Å². The average Bonchev–Trinajstić information content (AvgIpc) is 2.65. The van der Waals surface area contributed by atoms with Crippen molar-refractivity contribution in [2.75, 3.05) is 6.61 Å². The van der Waals surface area contributed by atoms with E-state index < -0.39 is 24.4 Å². The largest absolute Gasteiger partial charge is 0.471 e. The Morgan fingerprint density at radius 3 is 2.71 bits per heavy atom. The van der Waals surface area contributed by atoms with Gasteiger partial charge in [-0.3, -0.25) is 4.79 Å². The molecule has 8 heteroatoms. The molecule has 2 heterocycles. The summed E-state index contributed by atoms with van der Waals surface area (Å²) in [5, 5.41) is 0. The van der Waals surface area contributed by atoms with Crippen LogP contribution in [-0.4, -0.2) is 30.2 Å². The van der Waals surface area contributed by atoms with Crippen molar-refractivity contribution in [1.82, 2.24) is 4.98 Å². The number of alkyl halides is 2. The van der Waals surface area contributed by atoms with Crippen LogP contribution in [-0.2, 0) is 17.6 Å². The number of amides is 1. The predicted molar refractivity (Wildman–Crippen MR) is 96.8 cm³/mol. The molecule has 0 aliphatic carbocycles. The van der Waals surface area contributed by atoms with Crippen LogP contribution in [0.15, 0.2) is 24.3 Å². The molecule has 0 spiro atoms. The molecule has 28 heavy (non-hydrogen) atoms. The minimum Gasteiger partial charge on any atom is -0.471 e. The quantitative estimate of drug-likeness (QED) is 0.810. The number of nitrogens with zero attached hydrogens (tertiary/aromatic N) is 1. The maximum Gasteiger partial charge on any atom is 0.345 e. The summed E-state index contributed by atoms with van der Waals surface area (Å²) in [5.41, 5.74) is 7.48. The van der Waals surface area contributed by atoms with E-state index in [1.807, 2.05) is 19.9 Å². The molecule has 0 bridgehead atoms. The lowest BCUT2D eigenvalue weighted by Gasteiger charge is -2.32. The number of hydrogen-bond acceptors (Lipinski definition) is 4. The summed E-state index contributed by atoms with van der Waals surface area (Å²) in [6.45, 7) is 0.509. The van der Waals surface area contributed by atoms with E-state index in [1.165, 1.54) is 12.1 Å². The van der Waals surface area contributed by atoms with Crippen molar-refractivity contribution in [3.05, 3.63) is 46.9 Å². The second kappa shape index (κ2) is 8.18. The third-order valence-electron chi connectivity index (χ3n) is 4.88. The number of carbonyl (C=O) groups is 1. The molecule has 1 aliphatic rings. The van der Waals surface area contributed by atoms with Crippen molar-refractivity contribution in [3.63, 3.8) is 0 Å². The van der Waals surface area contributed by atoms with Gasteiger partial charge < -0.3 is 15.2 Å². The molecule has 0 unspecified atom stereocenters. The number of aryl methyl sites for hydroxylation is 1. The van der Waals surface area contributed by atoms with Crippen molar-refractivity contribution in [1.29, 1.82) is 0 Å². The van der Waals surface area contributed by atoms with Gasteiger partial charge in [0.05, 0.1) is 6.61 Å². The number of halogens is 3. The van der Waals surface area contributed by atoms with Crippen LogP contribution >= 0.6 is 0 Å². The summed E-state index contributed by atoms with van der Waals surface area (Å²) in [6, 6.07) is 6.34. The minimum absolute atomic E-state index is 0.0872. The standard InChI is InChI=1S/C20H21F3N2O3/c1-3-11-4-5-12(15(21)7-11)13-8-16(18(24)26)25-19-14(13)6-10(2)17(28-19)9-27-20(22)23/h4-5,7-8,10,17,20H,3,6,9H2,1-2H3,(H2,24,26)/t10-,17-/m1/s1. The van der Waals surface area contributed by atoms with Crippen LogP contribution in [0.3, 0.4) is 0 Å². The lowest BCUT2D eigenvalue weighted by Crippen LogP contribution is -2.36. The first-order valence-corrected chi connectivity index (χ1v) is 8.99. The third kappa shape index (κ3) is 4.11. The molecular weight excluding hydrogens is 373 g/mol. The highest BCUT2D eigenvalue weighted by atomic mass is 19.3. The van der Waals surface area contributed by atoms with Gasteiger partial charge in [-0.25, -0.2) is 9.37 Å². The molecule has 3 rings (SSSR count). The number of benzene rings is 1. The molecule has 150 valence electrons. The fourth-order valence-electron chi connectivity index (χ4n) is 3.29. The molecule has 0 saturated heterocycles. The Bertz CT molecular complexity index is 889. The van der Waals surface area contributed by atoms with Crippen LogP contribution in [0.25, 0.3) is 11.1 Å². The smallest absolute Gasteiger partial charge is 0.345 e. The lowest BCUT2D eigenvalue weighted by atomic mass is 9.88. The monoisotopic (exact) mass is 394 g/mol. The molecule has 5 nitrogen and oxygen atoms in total. The Hall–Kier alpha value is -2.61. The average molecular weight is 394 g/mol. The Kier molecular flexibility index (Phi) is 5.88. The number of hydrogen-bond donors (Lipinski definition) is 1. The number of rotatable bonds is 6. The molecule has 1 aromatic heterocycles. The van der Waals surface area contributed by atoms with E-state index in [0.717, 1.165) is 5.56 Å². The van der Waals surface area contributed by atoms with Gasteiger partial charge in [-0.15, -0.1) is 0 Å². The molecule has 2 atom stereocenters. The van der Waals surface area contributed by atoms with Crippen LogP contribution in [0.4, 0.5) is 13.2 Å². The van der Waals surface area contributed by atoms with Crippen molar-refractivity contribution < 1.29 is 27.4 Å². The third-order valence-corrected chi connectivity index (χ3v) is 4.88. The van der Waals surface area contributed by atoms with E-state index in [0.29, 0.717) is 29.5 Å². The summed E-state index contributed by atoms with van der Waals surface area (Å²) in [4.78, 5) is 15.8. The van der Waals surface area contributed by atoms with Gasteiger partial charge in [0, 0.05) is 11.1 Å². The molecule has 1 aromatic carbocycles. The second-order valence-corrected chi connectivity index (χ2v) is 6.80. The summed E-state index contributed by atoms with van der Waals surface area (Å²) in [5.74, 6) is -1.31. The van der Waals surface area contributed by atoms with E-state index in [9.17, 15) is 18.0 Å². The Morgan fingerprint density at radius 2 is 2.11 bits per heavy atom. The molecule has 2 aromatic rings. The fourth-order valence-corrected chi connectivity index (χ4v) is 3.29. The molecule has 2 N–H and O–H groups in total. The Labute approximate surface area is 160 Å². The van der Waals surface area contributed by atoms with Crippen molar-refractivity contribution >= 4 is 5.91 Å². The van der Waals surface area contributed by atoms with Crippen LogP contribution in [0.1, 0.15) is 35.5 Å². The summed E-state index contributed by atoms with van der Waals surface area (Å²) in [7, 11) is 0. The SMILES string of the molecule is CCc1ccc(-c2cc(C(N)=O)nc3c2C[C@@H](C)[C@@H](COC(F)F)O3)c(F)c1. The van der Waals surface area contributed by atoms with Gasteiger partial charge in [-0.2, -0.15) is 8.78 Å². The number of aromatic nitrogens is 1. The number of carbonyl (C=O) groups excluding carboxylic acids is 1. The normalized spacial score (nSPS) is 18.6. The highest BCUT2D eigenvalue weighted by Crippen LogP contribution is 2.38. The van der Waals surface area contributed by atoms with E-state index in [1.54, 1.807) is 6.07 Å². The maximum absolute atomic E-state index is 14.7. The maximum atomic E-state index is 14.7. The van der Waals surface area contributed by atoms with E-state index in [2.05, 4.69) is 9.72 Å². The number of pyridine rings is 1. The zero-order valence-electron chi connectivity index (χ0n) is 15.5. The van der Waals surface area contributed by atoms with Crippen LogP contribution < -0.4 is 10.5 Å². The zero-order valence-corrected chi connectivity index (χ0v) is 15.5. The van der Waals surface area contributed by atoms with Gasteiger partial charge in [0.25, 0.3) is 5.91 Å². The Balaban J connectivity index is 2.06. The molecule has 1 amide bonds. The zero-order chi connectivity index (χ0) is 20.4. The van der Waals surface area contributed by atoms with E-state index >= 15 is 0 Å².